The second-order valence-electron chi connectivity index (χ2n) is 6.97. The van der Waals surface area contributed by atoms with Crippen LogP contribution < -0.4 is 14.8 Å². The number of halogens is 1. The molecule has 0 spiro atoms. The quantitative estimate of drug-likeness (QED) is 0.282. The van der Waals surface area contributed by atoms with E-state index in [2.05, 4.69) is 10.3 Å². The van der Waals surface area contributed by atoms with Gasteiger partial charge in [0.05, 0.1) is 24.7 Å². The highest BCUT2D eigenvalue weighted by molar-refractivity contribution is 5.99. The molecule has 3 rings (SSSR count). The largest absolute Gasteiger partial charge is 0.493 e. The maximum absolute atomic E-state index is 13.5. The van der Waals surface area contributed by atoms with Crippen LogP contribution in [0.2, 0.25) is 0 Å². The highest BCUT2D eigenvalue weighted by atomic mass is 19.1. The first kappa shape index (κ1) is 23.7. The SMILES string of the molecule is COCCOc1cc([N+](=O)[O-])c(C(=O)NC(c2ccc(F)cc2)c2nccn2C)cc1OC. The Balaban J connectivity index is 2.00. The summed E-state index contributed by atoms with van der Waals surface area (Å²) in [6.07, 6.45) is 3.24. The Kier molecular flexibility index (Phi) is 7.57. The fourth-order valence-corrected chi connectivity index (χ4v) is 3.21. The Morgan fingerprint density at radius 3 is 2.52 bits per heavy atom. The molecular formula is C22H23FN4O6. The zero-order valence-electron chi connectivity index (χ0n) is 18.3. The van der Waals surface area contributed by atoms with Gasteiger partial charge in [0, 0.05) is 32.6 Å². The molecular weight excluding hydrogens is 435 g/mol. The van der Waals surface area contributed by atoms with Gasteiger partial charge in [-0.1, -0.05) is 12.1 Å². The molecule has 0 aliphatic carbocycles. The average molecular weight is 458 g/mol. The highest BCUT2D eigenvalue weighted by Gasteiger charge is 2.28. The van der Waals surface area contributed by atoms with Crippen molar-refractivity contribution in [1.82, 2.24) is 14.9 Å². The number of aryl methyl sites for hydroxylation is 1. The third kappa shape index (κ3) is 5.44. The number of nitro groups is 1. The number of nitrogens with one attached hydrogen (secondary N) is 1. The van der Waals surface area contributed by atoms with E-state index in [0.717, 1.165) is 6.07 Å². The molecule has 0 aliphatic rings. The predicted octanol–water partition coefficient (Wildman–Crippen LogP) is 3.02. The molecule has 10 nitrogen and oxygen atoms in total. The van der Waals surface area contributed by atoms with Gasteiger partial charge in [0.1, 0.15) is 29.9 Å². The second kappa shape index (κ2) is 10.6. The number of nitro benzene ring substituents is 1. The van der Waals surface area contributed by atoms with E-state index < -0.39 is 28.4 Å². The number of carbonyl (C=O) groups is 1. The smallest absolute Gasteiger partial charge is 0.286 e. The molecule has 1 amide bonds. The fourth-order valence-electron chi connectivity index (χ4n) is 3.21. The topological polar surface area (TPSA) is 118 Å². The van der Waals surface area contributed by atoms with Crippen molar-refractivity contribution in [2.24, 2.45) is 7.05 Å². The normalized spacial score (nSPS) is 11.6. The summed E-state index contributed by atoms with van der Waals surface area (Å²) in [6, 6.07) is 7.13. The highest BCUT2D eigenvalue weighted by Crippen LogP contribution is 2.35. The monoisotopic (exact) mass is 458 g/mol. The van der Waals surface area contributed by atoms with Gasteiger partial charge in [0.25, 0.3) is 11.6 Å². The van der Waals surface area contributed by atoms with Gasteiger partial charge in [-0.3, -0.25) is 14.9 Å². The van der Waals surface area contributed by atoms with E-state index in [1.165, 1.54) is 44.6 Å². The summed E-state index contributed by atoms with van der Waals surface area (Å²) >= 11 is 0. The molecule has 1 aromatic heterocycles. The first-order valence-corrected chi connectivity index (χ1v) is 9.87. The third-order valence-corrected chi connectivity index (χ3v) is 4.86. The molecule has 1 heterocycles. The summed E-state index contributed by atoms with van der Waals surface area (Å²) in [5.74, 6) is -0.452. The van der Waals surface area contributed by atoms with Crippen LogP contribution in [0, 0.1) is 15.9 Å². The van der Waals surface area contributed by atoms with Gasteiger partial charge in [-0.05, 0) is 17.7 Å². The van der Waals surface area contributed by atoms with E-state index in [4.69, 9.17) is 14.2 Å². The number of hydrogen-bond donors (Lipinski definition) is 1. The number of aromatic nitrogens is 2. The van der Waals surface area contributed by atoms with E-state index in [-0.39, 0.29) is 30.3 Å². The molecule has 0 saturated carbocycles. The van der Waals surface area contributed by atoms with E-state index in [1.54, 1.807) is 24.0 Å². The summed E-state index contributed by atoms with van der Waals surface area (Å²) in [7, 11) is 4.60. The van der Waals surface area contributed by atoms with Gasteiger partial charge in [0.15, 0.2) is 11.5 Å². The molecule has 11 heteroatoms. The van der Waals surface area contributed by atoms with Crippen molar-refractivity contribution >= 4 is 11.6 Å². The molecule has 33 heavy (non-hydrogen) atoms. The first-order chi connectivity index (χ1) is 15.8. The van der Waals surface area contributed by atoms with E-state index in [9.17, 15) is 19.3 Å². The number of imidazole rings is 1. The van der Waals surface area contributed by atoms with E-state index in [0.29, 0.717) is 11.4 Å². The van der Waals surface area contributed by atoms with Crippen molar-refractivity contribution in [3.63, 3.8) is 0 Å². The van der Waals surface area contributed by atoms with Gasteiger partial charge < -0.3 is 24.1 Å². The van der Waals surface area contributed by atoms with Crippen LogP contribution in [0.25, 0.3) is 0 Å². The molecule has 0 fully saturated rings. The van der Waals surface area contributed by atoms with Crippen LogP contribution in [-0.2, 0) is 11.8 Å². The Bertz CT molecular complexity index is 1130. The van der Waals surface area contributed by atoms with Crippen molar-refractivity contribution in [2.45, 2.75) is 6.04 Å². The molecule has 3 aromatic rings. The van der Waals surface area contributed by atoms with E-state index >= 15 is 0 Å². The standard InChI is InChI=1S/C22H23FN4O6/c1-26-9-8-24-21(26)20(14-4-6-15(23)7-5-14)25-22(28)16-12-18(32-3)19(33-11-10-31-2)13-17(16)27(29)30/h4-9,12-13,20H,10-11H2,1-3H3,(H,25,28). The van der Waals surface area contributed by atoms with Crippen LogP contribution in [-0.4, -0.2) is 47.8 Å². The molecule has 2 aromatic carbocycles. The lowest BCUT2D eigenvalue weighted by molar-refractivity contribution is -0.385. The Morgan fingerprint density at radius 2 is 1.94 bits per heavy atom. The van der Waals surface area contributed by atoms with E-state index in [1.807, 2.05) is 0 Å². The Morgan fingerprint density at radius 1 is 1.21 bits per heavy atom. The summed E-state index contributed by atoms with van der Waals surface area (Å²) in [4.78, 5) is 28.6. The van der Waals surface area contributed by atoms with Gasteiger partial charge in [-0.15, -0.1) is 0 Å². The summed E-state index contributed by atoms with van der Waals surface area (Å²) < 4.78 is 30.8. The minimum atomic E-state index is -0.790. The zero-order chi connectivity index (χ0) is 24.0. The van der Waals surface area contributed by atoms with Crippen molar-refractivity contribution in [1.29, 1.82) is 0 Å². The second-order valence-corrected chi connectivity index (χ2v) is 6.97. The average Bonchev–Trinajstić information content (AvgIpc) is 3.23. The van der Waals surface area contributed by atoms with Gasteiger partial charge >= 0.3 is 0 Å². The minimum Gasteiger partial charge on any atom is -0.493 e. The number of ether oxygens (including phenoxy) is 3. The number of nitrogens with zero attached hydrogens (tertiary/aromatic N) is 3. The van der Waals surface area contributed by atoms with Crippen molar-refractivity contribution < 1.29 is 28.3 Å². The predicted molar refractivity (Wildman–Crippen MR) is 116 cm³/mol. The summed E-state index contributed by atoms with van der Waals surface area (Å²) in [6.45, 7) is 0.406. The maximum Gasteiger partial charge on any atom is 0.286 e. The van der Waals surface area contributed by atoms with Gasteiger partial charge in [-0.25, -0.2) is 9.37 Å². The molecule has 1 unspecified atom stereocenters. The molecule has 174 valence electrons. The van der Waals surface area contributed by atoms with Crippen LogP contribution in [0.3, 0.4) is 0 Å². The van der Waals surface area contributed by atoms with Crippen LogP contribution in [0.4, 0.5) is 10.1 Å². The number of rotatable bonds is 10. The number of hydrogen-bond acceptors (Lipinski definition) is 7. The summed E-state index contributed by atoms with van der Waals surface area (Å²) in [5.41, 5.74) is -0.135. The third-order valence-electron chi connectivity index (χ3n) is 4.86. The number of methoxy groups -OCH3 is 2. The van der Waals surface area contributed by atoms with Gasteiger partial charge in [-0.2, -0.15) is 0 Å². The number of benzene rings is 2. The van der Waals surface area contributed by atoms with Crippen molar-refractivity contribution in [2.75, 3.05) is 27.4 Å². The Labute approximate surface area is 189 Å². The van der Waals surface area contributed by atoms with Gasteiger partial charge in [0.2, 0.25) is 0 Å². The molecule has 1 atom stereocenters. The summed E-state index contributed by atoms with van der Waals surface area (Å²) in [5, 5.41) is 14.5. The van der Waals surface area contributed by atoms with Crippen LogP contribution in [0.5, 0.6) is 11.5 Å². The number of amides is 1. The fraction of sp³-hybridized carbons (Fsp3) is 0.273. The lowest BCUT2D eigenvalue weighted by atomic mass is 10.0. The lowest BCUT2D eigenvalue weighted by Gasteiger charge is -2.20. The molecule has 0 aliphatic heterocycles. The zero-order valence-corrected chi connectivity index (χ0v) is 18.3. The maximum atomic E-state index is 13.5. The number of carbonyl (C=O) groups excluding carboxylic acids is 1. The van der Waals surface area contributed by atoms with Crippen molar-refractivity contribution in [3.8, 4) is 11.5 Å². The Hall–Kier alpha value is -3.99. The lowest BCUT2D eigenvalue weighted by Crippen LogP contribution is -2.31. The molecule has 0 saturated heterocycles. The van der Waals surface area contributed by atoms with Crippen LogP contribution >= 0.6 is 0 Å². The molecule has 1 N–H and O–H groups in total. The molecule has 0 bridgehead atoms. The first-order valence-electron chi connectivity index (χ1n) is 9.87. The van der Waals surface area contributed by atoms with Crippen LogP contribution in [0.1, 0.15) is 27.8 Å². The minimum absolute atomic E-state index is 0.108. The van der Waals surface area contributed by atoms with Crippen molar-refractivity contribution in [3.05, 3.63) is 81.7 Å². The molecule has 0 radical (unpaired) electrons. The van der Waals surface area contributed by atoms with Crippen LogP contribution in [0.15, 0.2) is 48.8 Å².